The van der Waals surface area contributed by atoms with Crippen molar-refractivity contribution in [1.82, 2.24) is 4.57 Å². The van der Waals surface area contributed by atoms with Gasteiger partial charge in [0.1, 0.15) is 6.29 Å². The van der Waals surface area contributed by atoms with Gasteiger partial charge in [-0.25, -0.2) is 0 Å². The normalized spacial score (nSPS) is 10.7. The number of aryl methyl sites for hydroxylation is 1. The lowest BCUT2D eigenvalue weighted by Gasteiger charge is -2.06. The molecule has 0 saturated carbocycles. The molecule has 0 bridgehead atoms. The Kier molecular flexibility index (Phi) is 2.86. The first-order valence-corrected chi connectivity index (χ1v) is 5.37. The highest BCUT2D eigenvalue weighted by atomic mass is 16.1. The standard InChI is InChI=1S/C13H15NO/c1-2-8-14-9-6-11-4-3-5-12(7-10-15)13(11)14/h3-6,9-10H,2,7-8H2,1H3. The maximum Gasteiger partial charge on any atom is 0.124 e. The Balaban J connectivity index is 2.57. The molecule has 0 radical (unpaired) electrons. The molecule has 2 rings (SSSR count). The maximum atomic E-state index is 10.6. The van der Waals surface area contributed by atoms with Crippen LogP contribution < -0.4 is 0 Å². The summed E-state index contributed by atoms with van der Waals surface area (Å²) >= 11 is 0. The van der Waals surface area contributed by atoms with Crippen LogP contribution in [0.3, 0.4) is 0 Å². The van der Waals surface area contributed by atoms with Crippen molar-refractivity contribution in [3.8, 4) is 0 Å². The lowest BCUT2D eigenvalue weighted by atomic mass is 10.1. The topological polar surface area (TPSA) is 22.0 Å². The number of fused-ring (bicyclic) bond motifs is 1. The zero-order chi connectivity index (χ0) is 10.7. The lowest BCUT2D eigenvalue weighted by molar-refractivity contribution is -0.107. The van der Waals surface area contributed by atoms with Crippen LogP contribution in [-0.2, 0) is 17.8 Å². The molecule has 78 valence electrons. The summed E-state index contributed by atoms with van der Waals surface area (Å²) in [6, 6.07) is 8.25. The molecule has 0 fully saturated rings. The van der Waals surface area contributed by atoms with Crippen LogP contribution in [0.2, 0.25) is 0 Å². The Bertz CT molecular complexity index is 470. The van der Waals surface area contributed by atoms with Crippen molar-refractivity contribution in [3.63, 3.8) is 0 Å². The first kappa shape index (κ1) is 9.97. The molecule has 0 N–H and O–H groups in total. The Morgan fingerprint density at radius 2 is 2.20 bits per heavy atom. The molecule has 15 heavy (non-hydrogen) atoms. The Hall–Kier alpha value is -1.57. The van der Waals surface area contributed by atoms with Gasteiger partial charge in [0.15, 0.2) is 0 Å². The highest BCUT2D eigenvalue weighted by molar-refractivity contribution is 5.85. The molecule has 2 aromatic rings. The molecule has 0 unspecified atom stereocenters. The summed E-state index contributed by atoms with van der Waals surface area (Å²) in [5, 5.41) is 1.22. The van der Waals surface area contributed by atoms with E-state index in [1.165, 1.54) is 10.9 Å². The summed E-state index contributed by atoms with van der Waals surface area (Å²) < 4.78 is 2.23. The van der Waals surface area contributed by atoms with Crippen molar-refractivity contribution in [2.75, 3.05) is 0 Å². The summed E-state index contributed by atoms with van der Waals surface area (Å²) in [6.07, 6.45) is 4.69. The number of carbonyl (C=O) groups is 1. The van der Waals surface area contributed by atoms with Crippen LogP contribution in [0.15, 0.2) is 30.5 Å². The molecule has 0 aliphatic rings. The second-order valence-electron chi connectivity index (χ2n) is 3.73. The second kappa shape index (κ2) is 4.30. The minimum Gasteiger partial charge on any atom is -0.347 e. The molecule has 2 heteroatoms. The number of rotatable bonds is 4. The number of nitrogens with zero attached hydrogens (tertiary/aromatic N) is 1. The van der Waals surface area contributed by atoms with Crippen molar-refractivity contribution in [3.05, 3.63) is 36.0 Å². The molecular weight excluding hydrogens is 186 g/mol. The fourth-order valence-electron chi connectivity index (χ4n) is 2.02. The van der Waals surface area contributed by atoms with Crippen LogP contribution in [0.25, 0.3) is 10.9 Å². The largest absolute Gasteiger partial charge is 0.347 e. The number of aldehydes is 1. The molecule has 0 amide bonds. The van der Waals surface area contributed by atoms with Crippen molar-refractivity contribution >= 4 is 17.2 Å². The number of carbonyl (C=O) groups excluding carboxylic acids is 1. The molecule has 2 nitrogen and oxygen atoms in total. The van der Waals surface area contributed by atoms with E-state index in [4.69, 9.17) is 0 Å². The van der Waals surface area contributed by atoms with Crippen LogP contribution in [0, 0.1) is 0 Å². The molecule has 0 spiro atoms. The first-order valence-electron chi connectivity index (χ1n) is 5.37. The van der Waals surface area contributed by atoms with E-state index < -0.39 is 0 Å². The molecule has 1 heterocycles. The van der Waals surface area contributed by atoms with E-state index in [1.807, 2.05) is 12.1 Å². The Morgan fingerprint density at radius 3 is 2.93 bits per heavy atom. The zero-order valence-electron chi connectivity index (χ0n) is 8.94. The van der Waals surface area contributed by atoms with E-state index in [0.717, 1.165) is 24.8 Å². The summed E-state index contributed by atoms with van der Waals surface area (Å²) in [5.41, 5.74) is 2.34. The van der Waals surface area contributed by atoms with Gasteiger partial charge in [-0.15, -0.1) is 0 Å². The molecule has 1 aromatic heterocycles. The van der Waals surface area contributed by atoms with E-state index >= 15 is 0 Å². The van der Waals surface area contributed by atoms with Crippen molar-refractivity contribution in [1.29, 1.82) is 0 Å². The summed E-state index contributed by atoms with van der Waals surface area (Å²) in [7, 11) is 0. The van der Waals surface area contributed by atoms with Gasteiger partial charge < -0.3 is 9.36 Å². The summed E-state index contributed by atoms with van der Waals surface area (Å²) in [4.78, 5) is 10.6. The monoisotopic (exact) mass is 201 g/mol. The molecule has 0 aliphatic carbocycles. The van der Waals surface area contributed by atoms with Crippen LogP contribution in [0.5, 0.6) is 0 Å². The quantitative estimate of drug-likeness (QED) is 0.697. The van der Waals surface area contributed by atoms with Crippen LogP contribution in [-0.4, -0.2) is 10.9 Å². The first-order chi connectivity index (χ1) is 7.36. The second-order valence-corrected chi connectivity index (χ2v) is 3.73. The number of para-hydroxylation sites is 1. The van der Waals surface area contributed by atoms with E-state index in [-0.39, 0.29) is 0 Å². The average molecular weight is 201 g/mol. The van der Waals surface area contributed by atoms with Gasteiger partial charge in [-0.05, 0) is 23.4 Å². The van der Waals surface area contributed by atoms with Crippen molar-refractivity contribution < 1.29 is 4.79 Å². The van der Waals surface area contributed by atoms with Crippen LogP contribution in [0.4, 0.5) is 0 Å². The molecule has 0 atom stereocenters. The zero-order valence-corrected chi connectivity index (χ0v) is 8.94. The van der Waals surface area contributed by atoms with Gasteiger partial charge in [0, 0.05) is 19.2 Å². The minimum absolute atomic E-state index is 0.505. The van der Waals surface area contributed by atoms with Gasteiger partial charge in [-0.2, -0.15) is 0 Å². The van der Waals surface area contributed by atoms with Gasteiger partial charge in [0.25, 0.3) is 0 Å². The number of aromatic nitrogens is 1. The highest BCUT2D eigenvalue weighted by Crippen LogP contribution is 2.20. The Morgan fingerprint density at radius 1 is 1.33 bits per heavy atom. The maximum absolute atomic E-state index is 10.6. The molecule has 0 aliphatic heterocycles. The van der Waals surface area contributed by atoms with E-state index in [0.29, 0.717) is 6.42 Å². The third-order valence-corrected chi connectivity index (χ3v) is 2.64. The fourth-order valence-corrected chi connectivity index (χ4v) is 2.02. The van der Waals surface area contributed by atoms with Gasteiger partial charge in [0.05, 0.1) is 5.52 Å². The van der Waals surface area contributed by atoms with Gasteiger partial charge >= 0.3 is 0 Å². The van der Waals surface area contributed by atoms with E-state index in [9.17, 15) is 4.79 Å². The molecule has 0 saturated heterocycles. The SMILES string of the molecule is CCCn1ccc2cccc(CC=O)c21. The summed E-state index contributed by atoms with van der Waals surface area (Å²) in [5.74, 6) is 0. The molecule has 1 aromatic carbocycles. The van der Waals surface area contributed by atoms with Crippen molar-refractivity contribution in [2.24, 2.45) is 0 Å². The predicted molar refractivity (Wildman–Crippen MR) is 62.0 cm³/mol. The summed E-state index contributed by atoms with van der Waals surface area (Å²) in [6.45, 7) is 3.17. The van der Waals surface area contributed by atoms with Crippen molar-refractivity contribution in [2.45, 2.75) is 26.3 Å². The average Bonchev–Trinajstić information content (AvgIpc) is 2.64. The smallest absolute Gasteiger partial charge is 0.124 e. The third-order valence-electron chi connectivity index (χ3n) is 2.64. The number of benzene rings is 1. The van der Waals surface area contributed by atoms with Gasteiger partial charge in [-0.3, -0.25) is 0 Å². The number of hydrogen-bond acceptors (Lipinski definition) is 1. The van der Waals surface area contributed by atoms with Crippen LogP contribution >= 0.6 is 0 Å². The third kappa shape index (κ3) is 1.80. The minimum atomic E-state index is 0.505. The Labute approximate surface area is 89.5 Å². The molecular formula is C13H15NO. The van der Waals surface area contributed by atoms with E-state index in [2.05, 4.69) is 29.8 Å². The van der Waals surface area contributed by atoms with Crippen LogP contribution in [0.1, 0.15) is 18.9 Å². The number of hydrogen-bond donors (Lipinski definition) is 0. The lowest BCUT2D eigenvalue weighted by Crippen LogP contribution is -1.98. The fraction of sp³-hybridized carbons (Fsp3) is 0.308. The highest BCUT2D eigenvalue weighted by Gasteiger charge is 2.04. The van der Waals surface area contributed by atoms with Gasteiger partial charge in [-0.1, -0.05) is 25.1 Å². The van der Waals surface area contributed by atoms with E-state index in [1.54, 1.807) is 0 Å². The predicted octanol–water partition coefficient (Wildman–Crippen LogP) is 2.79. The van der Waals surface area contributed by atoms with Gasteiger partial charge in [0.2, 0.25) is 0 Å².